The number of halogens is 1. The van der Waals surface area contributed by atoms with Gasteiger partial charge >= 0.3 is 11.9 Å². The first kappa shape index (κ1) is 23.0. The Hall–Kier alpha value is -2.06. The van der Waals surface area contributed by atoms with E-state index in [2.05, 4.69) is 33.9 Å². The van der Waals surface area contributed by atoms with Gasteiger partial charge in [0, 0.05) is 18.4 Å². The summed E-state index contributed by atoms with van der Waals surface area (Å²) in [6.45, 7) is 11.4. The van der Waals surface area contributed by atoms with Crippen molar-refractivity contribution < 1.29 is 29.0 Å². The zero-order valence-electron chi connectivity index (χ0n) is 16.3. The van der Waals surface area contributed by atoms with Gasteiger partial charge in [0.15, 0.2) is 0 Å². The number of carboxylic acid groups (broad SMARTS) is 2. The molecule has 0 heterocycles. The molecule has 0 spiro atoms. The summed E-state index contributed by atoms with van der Waals surface area (Å²) in [7, 11) is -2.16. The molecule has 27 heavy (non-hydrogen) atoms. The number of hydrogen-bond acceptors (Lipinski definition) is 4. The number of nitrogens with one attached hydrogen (secondary N) is 1. The summed E-state index contributed by atoms with van der Waals surface area (Å²) in [6, 6.07) is 4.72. The summed E-state index contributed by atoms with van der Waals surface area (Å²) in [5.74, 6) is -3.66. The lowest BCUT2D eigenvalue weighted by Gasteiger charge is -2.36. The summed E-state index contributed by atoms with van der Waals surface area (Å²) in [5.41, 5.74) is -2.27. The van der Waals surface area contributed by atoms with E-state index in [1.807, 2.05) is 5.32 Å². The molecule has 0 fully saturated rings. The third-order valence-corrected chi connectivity index (χ3v) is 9.50. The molecule has 0 bridgehead atoms. The standard InChI is InChI=1S/C18H26ClNO6Si/c1-11(21)20-18(15(22)23,16(24)25)10-12-9-13(7-8-14(12)19)26-27(5,6)17(2,3)4/h7-9H,10H2,1-6H3,(H,20,21)(H,22,23)(H,24,25). The first-order valence-corrected chi connectivity index (χ1v) is 11.6. The van der Waals surface area contributed by atoms with Crippen molar-refractivity contribution in [1.82, 2.24) is 5.32 Å². The Kier molecular flexibility index (Phi) is 6.72. The van der Waals surface area contributed by atoms with Crippen LogP contribution in [0.5, 0.6) is 5.75 Å². The third-order valence-electron chi connectivity index (χ3n) is 4.77. The smallest absolute Gasteiger partial charge is 0.341 e. The van der Waals surface area contributed by atoms with Crippen LogP contribution in [0.3, 0.4) is 0 Å². The topological polar surface area (TPSA) is 113 Å². The molecule has 150 valence electrons. The van der Waals surface area contributed by atoms with Crippen LogP contribution in [0.2, 0.25) is 23.2 Å². The van der Waals surface area contributed by atoms with Crippen LogP contribution in [0.15, 0.2) is 18.2 Å². The number of aliphatic carboxylic acids is 2. The van der Waals surface area contributed by atoms with Gasteiger partial charge in [-0.3, -0.25) is 4.79 Å². The van der Waals surface area contributed by atoms with Crippen LogP contribution in [-0.4, -0.2) is 41.9 Å². The second-order valence-corrected chi connectivity index (χ2v) is 13.1. The minimum atomic E-state index is -2.52. The van der Waals surface area contributed by atoms with Gasteiger partial charge in [-0.05, 0) is 41.9 Å². The maximum atomic E-state index is 11.7. The highest BCUT2D eigenvalue weighted by atomic mass is 35.5. The Morgan fingerprint density at radius 3 is 2.07 bits per heavy atom. The van der Waals surface area contributed by atoms with E-state index in [1.165, 1.54) is 12.1 Å². The van der Waals surface area contributed by atoms with E-state index >= 15 is 0 Å². The average molecular weight is 416 g/mol. The fraction of sp³-hybridized carbons (Fsp3) is 0.500. The van der Waals surface area contributed by atoms with E-state index in [-0.39, 0.29) is 15.6 Å². The van der Waals surface area contributed by atoms with Gasteiger partial charge in [0.25, 0.3) is 0 Å². The van der Waals surface area contributed by atoms with E-state index in [0.29, 0.717) is 5.75 Å². The quantitative estimate of drug-likeness (QED) is 0.465. The van der Waals surface area contributed by atoms with Crippen molar-refractivity contribution in [3.63, 3.8) is 0 Å². The number of carbonyl (C=O) groups is 3. The predicted octanol–water partition coefficient (Wildman–Crippen LogP) is 3.31. The molecule has 1 aromatic carbocycles. The molecule has 0 aliphatic heterocycles. The van der Waals surface area contributed by atoms with E-state index < -0.39 is 38.1 Å². The molecule has 7 nitrogen and oxygen atoms in total. The summed E-state index contributed by atoms with van der Waals surface area (Å²) < 4.78 is 6.18. The van der Waals surface area contributed by atoms with Crippen LogP contribution < -0.4 is 9.74 Å². The normalized spacial score (nSPS) is 12.4. The van der Waals surface area contributed by atoms with Gasteiger partial charge < -0.3 is 20.0 Å². The van der Waals surface area contributed by atoms with Crippen LogP contribution >= 0.6 is 11.6 Å². The van der Waals surface area contributed by atoms with Crippen LogP contribution in [0, 0.1) is 0 Å². The monoisotopic (exact) mass is 415 g/mol. The highest BCUT2D eigenvalue weighted by Crippen LogP contribution is 2.38. The Bertz CT molecular complexity index is 743. The van der Waals surface area contributed by atoms with Crippen molar-refractivity contribution in [2.75, 3.05) is 0 Å². The van der Waals surface area contributed by atoms with E-state index in [9.17, 15) is 24.6 Å². The lowest BCUT2D eigenvalue weighted by molar-refractivity contribution is -0.161. The maximum Gasteiger partial charge on any atom is 0.341 e. The molecule has 0 saturated heterocycles. The zero-order chi connectivity index (χ0) is 21.2. The number of hydrogen-bond donors (Lipinski definition) is 3. The van der Waals surface area contributed by atoms with Crippen molar-refractivity contribution >= 4 is 37.8 Å². The molecule has 1 aromatic rings. The highest BCUT2D eigenvalue weighted by molar-refractivity contribution is 6.74. The summed E-state index contributed by atoms with van der Waals surface area (Å²) in [5, 5.41) is 21.1. The molecule has 3 N–H and O–H groups in total. The molecular formula is C18H26ClNO6Si. The molecule has 0 aromatic heterocycles. The second-order valence-electron chi connectivity index (χ2n) is 7.99. The summed E-state index contributed by atoms with van der Waals surface area (Å²) in [4.78, 5) is 34.8. The molecule has 0 atom stereocenters. The molecule has 0 aliphatic carbocycles. The molecule has 0 saturated carbocycles. The van der Waals surface area contributed by atoms with Crippen molar-refractivity contribution in [1.29, 1.82) is 0 Å². The van der Waals surface area contributed by atoms with Crippen LogP contribution in [0.25, 0.3) is 0 Å². The van der Waals surface area contributed by atoms with E-state index in [0.717, 1.165) is 6.92 Å². The van der Waals surface area contributed by atoms with Crippen LogP contribution in [-0.2, 0) is 20.8 Å². The summed E-state index contributed by atoms with van der Waals surface area (Å²) in [6.07, 6.45) is -0.523. The average Bonchev–Trinajstić information content (AvgIpc) is 2.47. The molecule has 0 aliphatic rings. The van der Waals surface area contributed by atoms with Crippen LogP contribution in [0.4, 0.5) is 0 Å². The number of amides is 1. The number of rotatable bonds is 7. The Balaban J connectivity index is 3.35. The number of carbonyl (C=O) groups excluding carboxylic acids is 1. The largest absolute Gasteiger partial charge is 0.543 e. The minimum absolute atomic E-state index is 0.0606. The van der Waals surface area contributed by atoms with Gasteiger partial charge in [0.05, 0.1) is 0 Å². The predicted molar refractivity (Wildman–Crippen MR) is 105 cm³/mol. The van der Waals surface area contributed by atoms with Crippen molar-refractivity contribution in [2.45, 2.75) is 57.8 Å². The van der Waals surface area contributed by atoms with Crippen molar-refractivity contribution in [3.8, 4) is 5.75 Å². The van der Waals surface area contributed by atoms with Crippen molar-refractivity contribution in [3.05, 3.63) is 28.8 Å². The first-order valence-electron chi connectivity index (χ1n) is 8.35. The lowest BCUT2D eigenvalue weighted by Crippen LogP contribution is -2.61. The minimum Gasteiger partial charge on any atom is -0.543 e. The molecule has 0 radical (unpaired) electrons. The van der Waals surface area contributed by atoms with E-state index in [1.54, 1.807) is 6.07 Å². The SMILES string of the molecule is CC(=O)NC(Cc1cc(O[Si](C)(C)C(C)(C)C)ccc1Cl)(C(=O)O)C(=O)O. The maximum absolute atomic E-state index is 11.7. The van der Waals surface area contributed by atoms with E-state index in [4.69, 9.17) is 16.0 Å². The van der Waals surface area contributed by atoms with Gasteiger partial charge in [-0.2, -0.15) is 0 Å². The highest BCUT2D eigenvalue weighted by Gasteiger charge is 2.48. The second kappa shape index (κ2) is 7.90. The molecule has 1 rings (SSSR count). The Morgan fingerprint density at radius 1 is 1.15 bits per heavy atom. The number of carboxylic acids is 2. The van der Waals surface area contributed by atoms with Crippen LogP contribution in [0.1, 0.15) is 33.3 Å². The fourth-order valence-electron chi connectivity index (χ4n) is 2.18. The number of benzene rings is 1. The van der Waals surface area contributed by atoms with Gasteiger partial charge in [0.1, 0.15) is 5.75 Å². The summed E-state index contributed by atoms with van der Waals surface area (Å²) >= 11 is 6.17. The zero-order valence-corrected chi connectivity index (χ0v) is 18.1. The first-order chi connectivity index (χ1) is 12.1. The molecule has 9 heteroatoms. The third kappa shape index (κ3) is 5.23. The Morgan fingerprint density at radius 2 is 1.67 bits per heavy atom. The molecule has 0 unspecified atom stereocenters. The molecular weight excluding hydrogens is 390 g/mol. The van der Waals surface area contributed by atoms with Gasteiger partial charge in [-0.1, -0.05) is 32.4 Å². The van der Waals surface area contributed by atoms with Gasteiger partial charge in [0.2, 0.25) is 19.8 Å². The molecule has 1 amide bonds. The van der Waals surface area contributed by atoms with Crippen molar-refractivity contribution in [2.24, 2.45) is 0 Å². The Labute approximate surface area is 164 Å². The van der Waals surface area contributed by atoms with Gasteiger partial charge in [-0.15, -0.1) is 0 Å². The van der Waals surface area contributed by atoms with Gasteiger partial charge in [-0.25, -0.2) is 9.59 Å². The lowest BCUT2D eigenvalue weighted by atomic mass is 9.90. The fourth-order valence-corrected chi connectivity index (χ4v) is 3.38.